The van der Waals surface area contributed by atoms with Crippen LogP contribution in [0.2, 0.25) is 0 Å². The lowest BCUT2D eigenvalue weighted by molar-refractivity contribution is -0.122. The quantitative estimate of drug-likeness (QED) is 0.300. The fourth-order valence-electron chi connectivity index (χ4n) is 2.71. The molecule has 0 heterocycles. The number of hydrogen-bond acceptors (Lipinski definition) is 1. The van der Waals surface area contributed by atoms with Crippen LogP contribution in [0.1, 0.15) is 77.6 Å². The van der Waals surface area contributed by atoms with Gasteiger partial charge in [-0.1, -0.05) is 79.8 Å². The van der Waals surface area contributed by atoms with Crippen molar-refractivity contribution < 1.29 is 4.79 Å². The van der Waals surface area contributed by atoms with Crippen molar-refractivity contribution in [1.82, 2.24) is 5.32 Å². The number of hydrogen-bond donors (Lipinski definition) is 1. The third-order valence-electron chi connectivity index (χ3n) is 4.60. The van der Waals surface area contributed by atoms with Crippen LogP contribution in [-0.2, 0) is 4.79 Å². The summed E-state index contributed by atoms with van der Waals surface area (Å²) in [5, 5.41) is 3.07. The number of nitrogens with one attached hydrogen (secondary N) is 1. The van der Waals surface area contributed by atoms with Gasteiger partial charge < -0.3 is 5.32 Å². The van der Waals surface area contributed by atoms with Crippen molar-refractivity contribution in [3.05, 3.63) is 72.9 Å². The molecule has 1 aliphatic carbocycles. The molecule has 154 valence electrons. The van der Waals surface area contributed by atoms with E-state index in [1.807, 2.05) is 0 Å². The Morgan fingerprint density at radius 3 is 1.54 bits per heavy atom. The Morgan fingerprint density at radius 1 is 0.714 bits per heavy atom. The fourth-order valence-corrected chi connectivity index (χ4v) is 2.71. The van der Waals surface area contributed by atoms with Crippen molar-refractivity contribution in [3.63, 3.8) is 0 Å². The van der Waals surface area contributed by atoms with Gasteiger partial charge in [0.15, 0.2) is 0 Å². The lowest BCUT2D eigenvalue weighted by Gasteiger charge is -2.26. The first-order valence-electron chi connectivity index (χ1n) is 11.0. The predicted octanol–water partition coefficient (Wildman–Crippen LogP) is 7.13. The van der Waals surface area contributed by atoms with E-state index in [0.29, 0.717) is 12.5 Å². The van der Waals surface area contributed by atoms with Crippen LogP contribution >= 0.6 is 0 Å². The lowest BCUT2D eigenvalue weighted by atomic mass is 9.93. The van der Waals surface area contributed by atoms with Crippen LogP contribution in [0.25, 0.3) is 0 Å². The minimum absolute atomic E-state index is 0.198. The molecule has 0 atom stereocenters. The molecule has 0 saturated heterocycles. The molecule has 2 nitrogen and oxygen atoms in total. The second-order valence-electron chi connectivity index (χ2n) is 7.15. The number of amides is 1. The molecule has 28 heavy (non-hydrogen) atoms. The molecular weight excluding hydrogens is 342 g/mol. The Morgan fingerprint density at radius 2 is 1.14 bits per heavy atom. The fraction of sp³-hybridized carbons (Fsp3) is 0.500. The summed E-state index contributed by atoms with van der Waals surface area (Å²) in [5.41, 5.74) is 0. The summed E-state index contributed by atoms with van der Waals surface area (Å²) in [5.74, 6) is 0.198. The Bertz CT molecular complexity index is 559. The van der Waals surface area contributed by atoms with E-state index in [2.05, 4.69) is 85.2 Å². The Balaban J connectivity index is 1.91. The first kappa shape index (κ1) is 23.9. The standard InChI is InChI=1S/C26H39NO/c1-2-3-4-5-6-7-8-9-10-11-12-13-14-15-16-17-18-19-20-24-26(28)27-25-22-21-23-25/h3-4,6-7,9-10,12-13,15-16,18-19,25H,2,5,8,11,14,17,20-24H2,1H3,(H,27,28)/b4-3+,7-6+,10-9+,13-12+,16-15+,19-18+. The molecule has 2 heteroatoms. The summed E-state index contributed by atoms with van der Waals surface area (Å²) >= 11 is 0. The molecule has 0 aromatic carbocycles. The summed E-state index contributed by atoms with van der Waals surface area (Å²) in [4.78, 5) is 11.7. The Hall–Kier alpha value is -2.09. The molecule has 1 fully saturated rings. The summed E-state index contributed by atoms with van der Waals surface area (Å²) in [6.45, 7) is 2.16. The lowest BCUT2D eigenvalue weighted by Crippen LogP contribution is -2.39. The minimum Gasteiger partial charge on any atom is -0.353 e. The molecule has 0 bridgehead atoms. The van der Waals surface area contributed by atoms with E-state index in [9.17, 15) is 4.79 Å². The summed E-state index contributed by atoms with van der Waals surface area (Å²) in [7, 11) is 0. The zero-order chi connectivity index (χ0) is 20.1. The van der Waals surface area contributed by atoms with Crippen molar-refractivity contribution in [3.8, 4) is 0 Å². The third-order valence-corrected chi connectivity index (χ3v) is 4.60. The molecule has 0 aromatic rings. The monoisotopic (exact) mass is 381 g/mol. The molecule has 0 aliphatic heterocycles. The van der Waals surface area contributed by atoms with Crippen LogP contribution in [0.3, 0.4) is 0 Å². The van der Waals surface area contributed by atoms with Gasteiger partial charge in [0.25, 0.3) is 0 Å². The van der Waals surface area contributed by atoms with Crippen LogP contribution in [0.4, 0.5) is 0 Å². The van der Waals surface area contributed by atoms with Gasteiger partial charge in [0.2, 0.25) is 5.91 Å². The van der Waals surface area contributed by atoms with Crippen molar-refractivity contribution in [2.75, 3.05) is 0 Å². The SMILES string of the molecule is CC/C=C/C/C=C/C/C=C/C/C=C/C/C=C/C/C=C/CCC(=O)NC1CCC1. The molecule has 1 aliphatic rings. The third kappa shape index (κ3) is 15.0. The van der Waals surface area contributed by atoms with E-state index in [-0.39, 0.29) is 5.91 Å². The first-order chi connectivity index (χ1) is 13.8. The summed E-state index contributed by atoms with van der Waals surface area (Å²) < 4.78 is 0. The average Bonchev–Trinajstić information content (AvgIpc) is 2.66. The molecular formula is C26H39NO. The van der Waals surface area contributed by atoms with Crippen LogP contribution in [0.5, 0.6) is 0 Å². The van der Waals surface area contributed by atoms with Crippen LogP contribution in [0, 0.1) is 0 Å². The van der Waals surface area contributed by atoms with Gasteiger partial charge in [-0.3, -0.25) is 4.79 Å². The maximum atomic E-state index is 11.7. The van der Waals surface area contributed by atoms with E-state index in [4.69, 9.17) is 0 Å². The largest absolute Gasteiger partial charge is 0.353 e. The minimum atomic E-state index is 0.198. The van der Waals surface area contributed by atoms with E-state index in [1.54, 1.807) is 0 Å². The van der Waals surface area contributed by atoms with Crippen molar-refractivity contribution in [2.24, 2.45) is 0 Å². The maximum absolute atomic E-state index is 11.7. The molecule has 0 unspecified atom stereocenters. The Labute approximate surface area is 172 Å². The van der Waals surface area contributed by atoms with Gasteiger partial charge in [-0.15, -0.1) is 0 Å². The zero-order valence-corrected chi connectivity index (χ0v) is 17.7. The van der Waals surface area contributed by atoms with Gasteiger partial charge in [0.1, 0.15) is 0 Å². The first-order valence-corrected chi connectivity index (χ1v) is 11.0. The molecule has 1 rings (SSSR count). The highest BCUT2D eigenvalue weighted by molar-refractivity contribution is 5.76. The second kappa shape index (κ2) is 18.3. The zero-order valence-electron chi connectivity index (χ0n) is 17.7. The summed E-state index contributed by atoms with van der Waals surface area (Å²) in [6, 6.07) is 0.456. The van der Waals surface area contributed by atoms with E-state index in [1.165, 1.54) is 6.42 Å². The summed E-state index contributed by atoms with van der Waals surface area (Å²) in [6.07, 6.45) is 37.5. The molecule has 1 saturated carbocycles. The molecule has 1 amide bonds. The Kier molecular flexibility index (Phi) is 15.6. The highest BCUT2D eigenvalue weighted by Crippen LogP contribution is 2.18. The van der Waals surface area contributed by atoms with Crippen LogP contribution in [-0.4, -0.2) is 11.9 Å². The highest BCUT2D eigenvalue weighted by atomic mass is 16.1. The van der Waals surface area contributed by atoms with Crippen molar-refractivity contribution >= 4 is 5.91 Å². The normalized spacial score (nSPS) is 15.9. The number of rotatable bonds is 15. The van der Waals surface area contributed by atoms with Crippen LogP contribution in [0.15, 0.2) is 72.9 Å². The van der Waals surface area contributed by atoms with Crippen molar-refractivity contribution in [2.45, 2.75) is 83.6 Å². The smallest absolute Gasteiger partial charge is 0.220 e. The molecule has 0 spiro atoms. The maximum Gasteiger partial charge on any atom is 0.220 e. The van der Waals surface area contributed by atoms with E-state index in [0.717, 1.165) is 57.8 Å². The average molecular weight is 382 g/mol. The molecule has 1 N–H and O–H groups in total. The second-order valence-corrected chi connectivity index (χ2v) is 7.15. The van der Waals surface area contributed by atoms with Gasteiger partial charge in [-0.2, -0.15) is 0 Å². The van der Waals surface area contributed by atoms with Gasteiger partial charge >= 0.3 is 0 Å². The number of carbonyl (C=O) groups excluding carboxylic acids is 1. The van der Waals surface area contributed by atoms with E-state index >= 15 is 0 Å². The van der Waals surface area contributed by atoms with Crippen LogP contribution < -0.4 is 5.32 Å². The van der Waals surface area contributed by atoms with Crippen molar-refractivity contribution in [1.29, 1.82) is 0 Å². The predicted molar refractivity (Wildman–Crippen MR) is 123 cm³/mol. The van der Waals surface area contributed by atoms with Gasteiger partial charge in [-0.25, -0.2) is 0 Å². The van der Waals surface area contributed by atoms with Gasteiger partial charge in [0, 0.05) is 12.5 Å². The highest BCUT2D eigenvalue weighted by Gasteiger charge is 2.18. The molecule has 0 aromatic heterocycles. The van der Waals surface area contributed by atoms with Gasteiger partial charge in [0.05, 0.1) is 0 Å². The molecule has 0 radical (unpaired) electrons. The number of allylic oxidation sites excluding steroid dienone is 12. The van der Waals surface area contributed by atoms with E-state index < -0.39 is 0 Å². The van der Waals surface area contributed by atoms with Gasteiger partial charge in [-0.05, 0) is 64.2 Å². The number of carbonyl (C=O) groups is 1. The topological polar surface area (TPSA) is 29.1 Å².